The van der Waals surface area contributed by atoms with Crippen LogP contribution in [0.25, 0.3) is 0 Å². The van der Waals surface area contributed by atoms with Crippen molar-refractivity contribution in [3.8, 4) is 0 Å². The van der Waals surface area contributed by atoms with Gasteiger partial charge < -0.3 is 10.1 Å². The number of hydrogen-bond donors (Lipinski definition) is 1. The standard InChI is InChI=1S/C10H17NO3/c1-8(12)11-7-10(13)6-9-2-4-14-5-3-9/h9H,2-7H2,1H3,(H,11,12). The maximum Gasteiger partial charge on any atom is 0.217 e. The molecule has 14 heavy (non-hydrogen) atoms. The fourth-order valence-corrected chi connectivity index (χ4v) is 1.57. The van der Waals surface area contributed by atoms with E-state index in [9.17, 15) is 9.59 Å². The second-order valence-corrected chi connectivity index (χ2v) is 3.71. The van der Waals surface area contributed by atoms with Crippen LogP contribution in [-0.2, 0) is 14.3 Å². The smallest absolute Gasteiger partial charge is 0.217 e. The summed E-state index contributed by atoms with van der Waals surface area (Å²) in [5.41, 5.74) is 0. The molecule has 0 aliphatic carbocycles. The van der Waals surface area contributed by atoms with E-state index < -0.39 is 0 Å². The minimum Gasteiger partial charge on any atom is -0.381 e. The van der Waals surface area contributed by atoms with Crippen molar-refractivity contribution < 1.29 is 14.3 Å². The first kappa shape index (κ1) is 11.2. The van der Waals surface area contributed by atoms with Crippen LogP contribution >= 0.6 is 0 Å². The molecule has 1 N–H and O–H groups in total. The fraction of sp³-hybridized carbons (Fsp3) is 0.800. The lowest BCUT2D eigenvalue weighted by molar-refractivity contribution is -0.124. The van der Waals surface area contributed by atoms with E-state index >= 15 is 0 Å². The van der Waals surface area contributed by atoms with Crippen molar-refractivity contribution in [3.05, 3.63) is 0 Å². The molecule has 4 nitrogen and oxygen atoms in total. The molecule has 0 spiro atoms. The third kappa shape index (κ3) is 4.37. The van der Waals surface area contributed by atoms with Crippen molar-refractivity contribution in [2.45, 2.75) is 26.2 Å². The Morgan fingerprint density at radius 2 is 2.00 bits per heavy atom. The van der Waals surface area contributed by atoms with Gasteiger partial charge in [-0.3, -0.25) is 9.59 Å². The summed E-state index contributed by atoms with van der Waals surface area (Å²) in [5, 5.41) is 2.52. The van der Waals surface area contributed by atoms with Gasteiger partial charge in [-0.25, -0.2) is 0 Å². The van der Waals surface area contributed by atoms with Crippen LogP contribution in [0.1, 0.15) is 26.2 Å². The van der Waals surface area contributed by atoms with E-state index in [4.69, 9.17) is 4.74 Å². The average Bonchev–Trinajstić information content (AvgIpc) is 2.16. The van der Waals surface area contributed by atoms with Gasteiger partial charge in [0.25, 0.3) is 0 Å². The highest BCUT2D eigenvalue weighted by Crippen LogP contribution is 2.18. The molecule has 0 aromatic rings. The second kappa shape index (κ2) is 5.75. The molecule has 4 heteroatoms. The van der Waals surface area contributed by atoms with Crippen LogP contribution in [0.2, 0.25) is 0 Å². The third-order valence-electron chi connectivity index (χ3n) is 2.39. The van der Waals surface area contributed by atoms with E-state index in [0.29, 0.717) is 12.3 Å². The number of amides is 1. The van der Waals surface area contributed by atoms with Crippen LogP contribution in [-0.4, -0.2) is 31.4 Å². The first-order valence-corrected chi connectivity index (χ1v) is 5.02. The molecule has 80 valence electrons. The Hall–Kier alpha value is -0.900. The summed E-state index contributed by atoms with van der Waals surface area (Å²) in [7, 11) is 0. The molecule has 0 bridgehead atoms. The molecule has 1 aliphatic heterocycles. The van der Waals surface area contributed by atoms with Gasteiger partial charge in [0, 0.05) is 26.6 Å². The summed E-state index contributed by atoms with van der Waals surface area (Å²) >= 11 is 0. The molecule has 0 unspecified atom stereocenters. The zero-order valence-corrected chi connectivity index (χ0v) is 8.54. The van der Waals surface area contributed by atoms with E-state index in [-0.39, 0.29) is 18.2 Å². The number of Topliss-reactive ketones (excluding diaryl/α,β-unsaturated/α-hetero) is 1. The molecular weight excluding hydrogens is 182 g/mol. The van der Waals surface area contributed by atoms with Gasteiger partial charge in [0.2, 0.25) is 5.91 Å². The number of rotatable bonds is 4. The second-order valence-electron chi connectivity index (χ2n) is 3.71. The predicted octanol–water partition coefficient (Wildman–Crippen LogP) is 0.508. The molecule has 0 aromatic carbocycles. The molecule has 1 amide bonds. The normalized spacial score (nSPS) is 17.8. The van der Waals surface area contributed by atoms with Crippen molar-refractivity contribution in [2.24, 2.45) is 5.92 Å². The maximum atomic E-state index is 11.4. The third-order valence-corrected chi connectivity index (χ3v) is 2.39. The van der Waals surface area contributed by atoms with E-state index in [1.165, 1.54) is 6.92 Å². The van der Waals surface area contributed by atoms with Gasteiger partial charge in [0.05, 0.1) is 6.54 Å². The first-order valence-electron chi connectivity index (χ1n) is 5.02. The minimum atomic E-state index is -0.148. The van der Waals surface area contributed by atoms with E-state index in [2.05, 4.69) is 5.32 Å². The van der Waals surface area contributed by atoms with Gasteiger partial charge in [-0.05, 0) is 18.8 Å². The zero-order valence-electron chi connectivity index (χ0n) is 8.54. The van der Waals surface area contributed by atoms with E-state index in [1.54, 1.807) is 0 Å². The zero-order chi connectivity index (χ0) is 10.4. The summed E-state index contributed by atoms with van der Waals surface area (Å²) in [6.07, 6.45) is 2.50. The lowest BCUT2D eigenvalue weighted by Gasteiger charge is -2.21. The van der Waals surface area contributed by atoms with Crippen molar-refractivity contribution in [1.29, 1.82) is 0 Å². The summed E-state index contributed by atoms with van der Waals surface area (Å²) in [6.45, 7) is 3.12. The molecule has 1 saturated heterocycles. The summed E-state index contributed by atoms with van der Waals surface area (Å²) in [5.74, 6) is 0.419. The van der Waals surface area contributed by atoms with Crippen LogP contribution in [0.4, 0.5) is 0 Å². The Labute approximate surface area is 84.0 Å². The lowest BCUT2D eigenvalue weighted by atomic mass is 9.94. The Kier molecular flexibility index (Phi) is 4.59. The van der Waals surface area contributed by atoms with Crippen LogP contribution in [0, 0.1) is 5.92 Å². The SMILES string of the molecule is CC(=O)NCC(=O)CC1CCOCC1. The number of ether oxygens (including phenoxy) is 1. The summed E-state index contributed by atoms with van der Waals surface area (Å²) < 4.78 is 5.20. The highest BCUT2D eigenvalue weighted by Gasteiger charge is 2.17. The van der Waals surface area contributed by atoms with Crippen molar-refractivity contribution in [3.63, 3.8) is 0 Å². The van der Waals surface area contributed by atoms with Crippen molar-refractivity contribution in [1.82, 2.24) is 5.32 Å². The Morgan fingerprint density at radius 1 is 1.36 bits per heavy atom. The Balaban J connectivity index is 2.15. The number of hydrogen-bond acceptors (Lipinski definition) is 3. The topological polar surface area (TPSA) is 55.4 Å². The monoisotopic (exact) mass is 199 g/mol. The minimum absolute atomic E-state index is 0.118. The molecule has 1 aliphatic rings. The Bertz CT molecular complexity index is 209. The van der Waals surface area contributed by atoms with E-state index in [0.717, 1.165) is 26.1 Å². The Morgan fingerprint density at radius 3 is 2.57 bits per heavy atom. The highest BCUT2D eigenvalue weighted by atomic mass is 16.5. The van der Waals surface area contributed by atoms with Crippen LogP contribution < -0.4 is 5.32 Å². The van der Waals surface area contributed by atoms with Gasteiger partial charge in [0.1, 0.15) is 0 Å². The molecule has 0 aromatic heterocycles. The lowest BCUT2D eigenvalue weighted by Crippen LogP contribution is -2.29. The molecule has 1 fully saturated rings. The number of ketones is 1. The van der Waals surface area contributed by atoms with Crippen molar-refractivity contribution >= 4 is 11.7 Å². The molecular formula is C10H17NO3. The molecule has 0 radical (unpaired) electrons. The van der Waals surface area contributed by atoms with Crippen LogP contribution in [0.15, 0.2) is 0 Å². The number of nitrogens with one attached hydrogen (secondary N) is 1. The fourth-order valence-electron chi connectivity index (χ4n) is 1.57. The van der Waals surface area contributed by atoms with Crippen LogP contribution in [0.3, 0.4) is 0 Å². The van der Waals surface area contributed by atoms with Gasteiger partial charge in [-0.15, -0.1) is 0 Å². The van der Waals surface area contributed by atoms with Gasteiger partial charge in [0.15, 0.2) is 5.78 Å². The van der Waals surface area contributed by atoms with Gasteiger partial charge in [-0.1, -0.05) is 0 Å². The quantitative estimate of drug-likeness (QED) is 0.717. The van der Waals surface area contributed by atoms with Crippen molar-refractivity contribution in [2.75, 3.05) is 19.8 Å². The van der Waals surface area contributed by atoms with Gasteiger partial charge in [-0.2, -0.15) is 0 Å². The number of carbonyl (C=O) groups excluding carboxylic acids is 2. The number of carbonyl (C=O) groups is 2. The highest BCUT2D eigenvalue weighted by molar-refractivity contribution is 5.85. The predicted molar refractivity (Wildman–Crippen MR) is 51.9 cm³/mol. The first-order chi connectivity index (χ1) is 6.68. The maximum absolute atomic E-state index is 11.4. The summed E-state index contributed by atoms with van der Waals surface area (Å²) in [6, 6.07) is 0. The summed E-state index contributed by atoms with van der Waals surface area (Å²) in [4.78, 5) is 21.9. The molecule has 1 heterocycles. The van der Waals surface area contributed by atoms with Crippen LogP contribution in [0.5, 0.6) is 0 Å². The molecule has 0 atom stereocenters. The molecule has 0 saturated carbocycles. The van der Waals surface area contributed by atoms with Gasteiger partial charge >= 0.3 is 0 Å². The van der Waals surface area contributed by atoms with E-state index in [1.807, 2.05) is 0 Å². The largest absolute Gasteiger partial charge is 0.381 e. The molecule has 1 rings (SSSR count). The average molecular weight is 199 g/mol.